The molecule has 0 aliphatic heterocycles. The number of hydrogen-bond donors (Lipinski definition) is 1. The van der Waals surface area contributed by atoms with Crippen LogP contribution in [0.1, 0.15) is 31.9 Å². The molecule has 1 unspecified atom stereocenters. The Kier molecular flexibility index (Phi) is 5.79. The Labute approximate surface area is 116 Å². The molecule has 1 atom stereocenters. The SMILES string of the molecule is C=C(C)CC(NCC)c1ccc(I)c(Cl)c1. The van der Waals surface area contributed by atoms with Gasteiger partial charge in [0, 0.05) is 9.61 Å². The van der Waals surface area contributed by atoms with E-state index in [1.54, 1.807) is 0 Å². The highest BCUT2D eigenvalue weighted by atomic mass is 127. The first kappa shape index (κ1) is 14.0. The summed E-state index contributed by atoms with van der Waals surface area (Å²) in [6.07, 6.45) is 0.949. The van der Waals surface area contributed by atoms with Crippen molar-refractivity contribution >= 4 is 34.2 Å². The lowest BCUT2D eigenvalue weighted by molar-refractivity contribution is 0.548. The maximum Gasteiger partial charge on any atom is 0.0542 e. The van der Waals surface area contributed by atoms with Gasteiger partial charge in [0.05, 0.1) is 5.02 Å². The topological polar surface area (TPSA) is 12.0 Å². The second kappa shape index (κ2) is 6.62. The van der Waals surface area contributed by atoms with Gasteiger partial charge in [0.25, 0.3) is 0 Å². The Morgan fingerprint density at radius 3 is 2.75 bits per heavy atom. The van der Waals surface area contributed by atoms with Crippen molar-refractivity contribution in [1.82, 2.24) is 5.32 Å². The summed E-state index contributed by atoms with van der Waals surface area (Å²) in [5, 5.41) is 4.28. The minimum Gasteiger partial charge on any atom is -0.310 e. The molecule has 1 aromatic carbocycles. The van der Waals surface area contributed by atoms with Crippen LogP contribution in [0.4, 0.5) is 0 Å². The molecular weight excluding hydrogens is 333 g/mol. The van der Waals surface area contributed by atoms with Gasteiger partial charge in [0.1, 0.15) is 0 Å². The fourth-order valence-corrected chi connectivity index (χ4v) is 2.16. The van der Waals surface area contributed by atoms with Gasteiger partial charge in [-0.25, -0.2) is 0 Å². The normalized spacial score (nSPS) is 12.5. The van der Waals surface area contributed by atoms with Crippen LogP contribution in [0.2, 0.25) is 5.02 Å². The molecule has 0 aliphatic rings. The van der Waals surface area contributed by atoms with E-state index >= 15 is 0 Å². The molecule has 0 bridgehead atoms. The zero-order valence-electron chi connectivity index (χ0n) is 9.69. The Balaban J connectivity index is 2.91. The molecule has 3 heteroatoms. The van der Waals surface area contributed by atoms with Crippen LogP contribution < -0.4 is 5.32 Å². The summed E-state index contributed by atoms with van der Waals surface area (Å²) in [7, 11) is 0. The van der Waals surface area contributed by atoms with Crippen LogP contribution in [0.5, 0.6) is 0 Å². The summed E-state index contributed by atoms with van der Waals surface area (Å²) >= 11 is 8.38. The Morgan fingerprint density at radius 2 is 2.25 bits per heavy atom. The molecular formula is C13H17ClIN. The summed E-state index contributed by atoms with van der Waals surface area (Å²) in [5.41, 5.74) is 2.41. The molecule has 0 saturated heterocycles. The van der Waals surface area contributed by atoms with Crippen LogP contribution in [0, 0.1) is 3.57 Å². The highest BCUT2D eigenvalue weighted by molar-refractivity contribution is 14.1. The van der Waals surface area contributed by atoms with E-state index in [0.29, 0.717) is 6.04 Å². The third-order valence-electron chi connectivity index (χ3n) is 2.35. The highest BCUT2D eigenvalue weighted by Gasteiger charge is 2.11. The number of nitrogens with one attached hydrogen (secondary N) is 1. The van der Waals surface area contributed by atoms with Crippen LogP contribution in [0.3, 0.4) is 0 Å². The summed E-state index contributed by atoms with van der Waals surface area (Å²) < 4.78 is 1.09. The predicted molar refractivity (Wildman–Crippen MR) is 80.0 cm³/mol. The van der Waals surface area contributed by atoms with Gasteiger partial charge in [0.15, 0.2) is 0 Å². The Hall–Kier alpha value is -0.0600. The molecule has 0 spiro atoms. The summed E-state index contributed by atoms with van der Waals surface area (Å²) in [4.78, 5) is 0. The minimum atomic E-state index is 0.317. The van der Waals surface area contributed by atoms with E-state index in [-0.39, 0.29) is 0 Å². The van der Waals surface area contributed by atoms with Crippen molar-refractivity contribution in [3.63, 3.8) is 0 Å². The van der Waals surface area contributed by atoms with E-state index in [9.17, 15) is 0 Å². The number of rotatable bonds is 5. The van der Waals surface area contributed by atoms with E-state index in [1.807, 2.05) is 6.07 Å². The summed E-state index contributed by atoms with van der Waals surface area (Å²) in [6, 6.07) is 6.54. The minimum absolute atomic E-state index is 0.317. The third kappa shape index (κ3) is 4.07. The molecule has 1 N–H and O–H groups in total. The smallest absolute Gasteiger partial charge is 0.0542 e. The van der Waals surface area contributed by atoms with Crippen molar-refractivity contribution in [3.05, 3.63) is 44.5 Å². The zero-order valence-corrected chi connectivity index (χ0v) is 12.6. The second-order valence-electron chi connectivity index (χ2n) is 3.95. The fraction of sp³-hybridized carbons (Fsp3) is 0.385. The predicted octanol–water partition coefficient (Wildman–Crippen LogP) is 4.56. The molecule has 1 aromatic rings. The quantitative estimate of drug-likeness (QED) is 0.607. The van der Waals surface area contributed by atoms with Crippen molar-refractivity contribution in [1.29, 1.82) is 0 Å². The molecule has 0 aliphatic carbocycles. The van der Waals surface area contributed by atoms with Crippen LogP contribution >= 0.6 is 34.2 Å². The molecule has 0 aromatic heterocycles. The summed E-state index contributed by atoms with van der Waals surface area (Å²) in [6.45, 7) is 9.08. The van der Waals surface area contributed by atoms with Gasteiger partial charge in [-0.3, -0.25) is 0 Å². The fourth-order valence-electron chi connectivity index (χ4n) is 1.63. The first-order chi connectivity index (χ1) is 7.54. The highest BCUT2D eigenvalue weighted by Crippen LogP contribution is 2.26. The van der Waals surface area contributed by atoms with Gasteiger partial charge in [-0.2, -0.15) is 0 Å². The molecule has 0 fully saturated rings. The Morgan fingerprint density at radius 1 is 1.56 bits per heavy atom. The van der Waals surface area contributed by atoms with E-state index < -0.39 is 0 Å². The lowest BCUT2D eigenvalue weighted by atomic mass is 10.0. The van der Waals surface area contributed by atoms with Crippen molar-refractivity contribution in [3.8, 4) is 0 Å². The average Bonchev–Trinajstić information content (AvgIpc) is 2.21. The van der Waals surface area contributed by atoms with E-state index in [4.69, 9.17) is 11.6 Å². The monoisotopic (exact) mass is 349 g/mol. The molecule has 0 amide bonds. The zero-order chi connectivity index (χ0) is 12.1. The first-order valence-corrected chi connectivity index (χ1v) is 6.83. The van der Waals surface area contributed by atoms with E-state index in [1.165, 1.54) is 11.1 Å². The maximum atomic E-state index is 6.14. The molecule has 88 valence electrons. The lowest BCUT2D eigenvalue weighted by Crippen LogP contribution is -2.21. The van der Waals surface area contributed by atoms with E-state index in [0.717, 1.165) is 21.6 Å². The van der Waals surface area contributed by atoms with Gasteiger partial charge in [-0.05, 0) is 60.2 Å². The molecule has 0 heterocycles. The maximum absolute atomic E-state index is 6.14. The van der Waals surface area contributed by atoms with Crippen LogP contribution in [0.15, 0.2) is 30.4 Å². The largest absolute Gasteiger partial charge is 0.310 e. The summed E-state index contributed by atoms with van der Waals surface area (Å²) in [5.74, 6) is 0. The number of benzene rings is 1. The molecule has 16 heavy (non-hydrogen) atoms. The standard InChI is InChI=1S/C13H17ClIN/c1-4-16-13(7-9(2)3)10-5-6-12(15)11(14)8-10/h5-6,8,13,16H,2,4,7H2,1,3H3. The van der Waals surface area contributed by atoms with E-state index in [2.05, 4.69) is 60.5 Å². The first-order valence-electron chi connectivity index (χ1n) is 5.37. The number of hydrogen-bond acceptors (Lipinski definition) is 1. The second-order valence-corrected chi connectivity index (χ2v) is 5.51. The number of halogens is 2. The molecule has 0 radical (unpaired) electrons. The third-order valence-corrected chi connectivity index (χ3v) is 3.92. The van der Waals surface area contributed by atoms with Gasteiger partial charge in [-0.15, -0.1) is 6.58 Å². The molecule has 0 saturated carbocycles. The molecule has 1 nitrogen and oxygen atoms in total. The van der Waals surface area contributed by atoms with Crippen molar-refractivity contribution < 1.29 is 0 Å². The Bertz CT molecular complexity index is 376. The van der Waals surface area contributed by atoms with Crippen LogP contribution in [-0.4, -0.2) is 6.54 Å². The van der Waals surface area contributed by atoms with Gasteiger partial charge in [-0.1, -0.05) is 30.2 Å². The molecule has 1 rings (SSSR count). The van der Waals surface area contributed by atoms with Crippen molar-refractivity contribution in [2.24, 2.45) is 0 Å². The van der Waals surface area contributed by atoms with Gasteiger partial charge < -0.3 is 5.32 Å². The van der Waals surface area contributed by atoms with Crippen molar-refractivity contribution in [2.75, 3.05) is 6.54 Å². The lowest BCUT2D eigenvalue weighted by Gasteiger charge is -2.19. The van der Waals surface area contributed by atoms with Crippen LogP contribution in [0.25, 0.3) is 0 Å². The van der Waals surface area contributed by atoms with Crippen molar-refractivity contribution in [2.45, 2.75) is 26.3 Å². The van der Waals surface area contributed by atoms with Gasteiger partial charge >= 0.3 is 0 Å². The average molecular weight is 350 g/mol. The van der Waals surface area contributed by atoms with Crippen LogP contribution in [-0.2, 0) is 0 Å². The van der Waals surface area contributed by atoms with Gasteiger partial charge in [0.2, 0.25) is 0 Å².